The molecular weight excluding hydrogens is 301 g/mol. The molecule has 0 amide bonds. The highest BCUT2D eigenvalue weighted by Crippen LogP contribution is 2.32. The van der Waals surface area contributed by atoms with Gasteiger partial charge < -0.3 is 5.32 Å². The lowest BCUT2D eigenvalue weighted by molar-refractivity contribution is -0.384. The molecule has 0 atom stereocenters. The van der Waals surface area contributed by atoms with Gasteiger partial charge >= 0.3 is 0 Å². The summed E-state index contributed by atoms with van der Waals surface area (Å²) < 4.78 is 0. The first kappa shape index (κ1) is 14.6. The van der Waals surface area contributed by atoms with Crippen molar-refractivity contribution < 1.29 is 4.92 Å². The predicted molar refractivity (Wildman–Crippen MR) is 80.5 cm³/mol. The second-order valence-corrected chi connectivity index (χ2v) is 4.85. The maximum absolute atomic E-state index is 11.0. The zero-order valence-electron chi connectivity index (χ0n) is 10.6. The summed E-state index contributed by atoms with van der Waals surface area (Å²) in [6.07, 6.45) is 0. The number of hydrogen-bond donors (Lipinski definition) is 1. The van der Waals surface area contributed by atoms with Gasteiger partial charge in [-0.15, -0.1) is 0 Å². The van der Waals surface area contributed by atoms with E-state index in [1.807, 2.05) is 6.92 Å². The molecule has 20 heavy (non-hydrogen) atoms. The molecule has 0 bridgehead atoms. The first-order chi connectivity index (χ1) is 9.51. The lowest BCUT2D eigenvalue weighted by atomic mass is 10.1. The molecule has 0 aliphatic carbocycles. The molecule has 1 aromatic carbocycles. The fraction of sp³-hybridized carbons (Fsp3) is 0.154. The van der Waals surface area contributed by atoms with Gasteiger partial charge in [-0.05, 0) is 25.1 Å². The smallest absolute Gasteiger partial charge is 0.275 e. The molecule has 2 rings (SSSR count). The van der Waals surface area contributed by atoms with E-state index in [1.54, 1.807) is 18.2 Å². The van der Waals surface area contributed by atoms with Gasteiger partial charge in [0.15, 0.2) is 0 Å². The number of halogens is 2. The van der Waals surface area contributed by atoms with Crippen LogP contribution in [0.4, 0.5) is 11.5 Å². The average molecular weight is 312 g/mol. The van der Waals surface area contributed by atoms with E-state index in [-0.39, 0.29) is 5.69 Å². The van der Waals surface area contributed by atoms with Crippen LogP contribution in [0.2, 0.25) is 10.0 Å². The Hall–Kier alpha value is -1.85. The normalized spacial score (nSPS) is 10.3. The number of anilines is 1. The third-order valence-corrected chi connectivity index (χ3v) is 3.13. The largest absolute Gasteiger partial charge is 0.370 e. The van der Waals surface area contributed by atoms with Crippen molar-refractivity contribution in [1.82, 2.24) is 4.98 Å². The van der Waals surface area contributed by atoms with Crippen LogP contribution in [0.5, 0.6) is 0 Å². The van der Waals surface area contributed by atoms with Gasteiger partial charge in [-0.3, -0.25) is 10.1 Å². The average Bonchev–Trinajstić information content (AvgIpc) is 2.38. The van der Waals surface area contributed by atoms with E-state index in [4.69, 9.17) is 23.2 Å². The van der Waals surface area contributed by atoms with Gasteiger partial charge in [0.25, 0.3) is 5.69 Å². The summed E-state index contributed by atoms with van der Waals surface area (Å²) in [7, 11) is 0. The molecule has 1 heterocycles. The number of nitrogens with one attached hydrogen (secondary N) is 1. The first-order valence-electron chi connectivity index (χ1n) is 5.87. The summed E-state index contributed by atoms with van der Waals surface area (Å²) in [6, 6.07) is 7.70. The second-order valence-electron chi connectivity index (χ2n) is 4.01. The first-order valence-corrected chi connectivity index (χ1v) is 6.62. The Labute approximate surface area is 125 Å². The molecule has 7 heteroatoms. The Morgan fingerprint density at radius 2 is 2.05 bits per heavy atom. The summed E-state index contributed by atoms with van der Waals surface area (Å²) >= 11 is 12.0. The van der Waals surface area contributed by atoms with E-state index in [2.05, 4.69) is 10.3 Å². The molecule has 104 valence electrons. The van der Waals surface area contributed by atoms with Crippen LogP contribution >= 0.6 is 23.2 Å². The van der Waals surface area contributed by atoms with E-state index >= 15 is 0 Å². The van der Waals surface area contributed by atoms with Gasteiger partial charge in [-0.1, -0.05) is 23.2 Å². The molecular formula is C13H11Cl2N3O2. The maximum Gasteiger partial charge on any atom is 0.275 e. The molecule has 0 unspecified atom stereocenters. The third-order valence-electron chi connectivity index (χ3n) is 2.59. The van der Waals surface area contributed by atoms with Crippen molar-refractivity contribution in [2.45, 2.75) is 6.92 Å². The lowest BCUT2D eigenvalue weighted by Crippen LogP contribution is -2.01. The Balaban J connectivity index is 2.57. The number of nitro groups is 1. The van der Waals surface area contributed by atoms with Gasteiger partial charge in [0.1, 0.15) is 5.82 Å². The zero-order chi connectivity index (χ0) is 14.7. The predicted octanol–water partition coefficient (Wildman–Crippen LogP) is 4.40. The minimum atomic E-state index is -0.462. The number of hydrogen-bond acceptors (Lipinski definition) is 4. The number of nitrogens with zero attached hydrogens (tertiary/aromatic N) is 2. The van der Waals surface area contributed by atoms with Crippen molar-refractivity contribution in [2.24, 2.45) is 0 Å². The minimum Gasteiger partial charge on any atom is -0.370 e. The summed E-state index contributed by atoms with van der Waals surface area (Å²) in [5, 5.41) is 14.8. The summed E-state index contributed by atoms with van der Waals surface area (Å²) in [5.74, 6) is 0.433. The number of benzene rings is 1. The summed E-state index contributed by atoms with van der Waals surface area (Å²) in [4.78, 5) is 14.8. The van der Waals surface area contributed by atoms with E-state index in [0.717, 1.165) is 0 Å². The molecule has 0 fully saturated rings. The summed E-state index contributed by atoms with van der Waals surface area (Å²) in [5.41, 5.74) is 0.979. The number of aromatic nitrogens is 1. The van der Waals surface area contributed by atoms with Crippen molar-refractivity contribution >= 4 is 34.7 Å². The Morgan fingerprint density at radius 3 is 2.65 bits per heavy atom. The van der Waals surface area contributed by atoms with Crippen molar-refractivity contribution in [1.29, 1.82) is 0 Å². The fourth-order valence-corrected chi connectivity index (χ4v) is 2.23. The van der Waals surface area contributed by atoms with Crippen molar-refractivity contribution in [3.05, 3.63) is 50.5 Å². The molecule has 0 saturated carbocycles. The molecule has 0 radical (unpaired) electrons. The Kier molecular flexibility index (Phi) is 4.42. The van der Waals surface area contributed by atoms with Gasteiger partial charge in [-0.2, -0.15) is 0 Å². The lowest BCUT2D eigenvalue weighted by Gasteiger charge is -2.08. The maximum atomic E-state index is 11.0. The minimum absolute atomic E-state index is 0.0445. The van der Waals surface area contributed by atoms with E-state index < -0.39 is 4.92 Å². The molecule has 0 spiro atoms. The Bertz CT molecular complexity index is 662. The standard InChI is InChI=1S/C13H11Cl2N3O2/c1-2-16-13-7-9(18(19)20)6-12(17-13)10-4-3-8(14)5-11(10)15/h3-7H,2H2,1H3,(H,16,17). The Morgan fingerprint density at radius 1 is 1.30 bits per heavy atom. The quantitative estimate of drug-likeness (QED) is 0.671. The van der Waals surface area contributed by atoms with Crippen LogP contribution in [-0.4, -0.2) is 16.5 Å². The highest BCUT2D eigenvalue weighted by atomic mass is 35.5. The molecule has 0 aliphatic rings. The van der Waals surface area contributed by atoms with E-state index in [1.165, 1.54) is 12.1 Å². The van der Waals surface area contributed by atoms with E-state index in [9.17, 15) is 10.1 Å². The van der Waals surface area contributed by atoms with Crippen LogP contribution in [-0.2, 0) is 0 Å². The summed E-state index contributed by atoms with van der Waals surface area (Å²) in [6.45, 7) is 2.50. The van der Waals surface area contributed by atoms with Crippen LogP contribution in [0.25, 0.3) is 11.3 Å². The monoisotopic (exact) mass is 311 g/mol. The molecule has 0 saturated heterocycles. The SMILES string of the molecule is CCNc1cc([N+](=O)[O-])cc(-c2ccc(Cl)cc2Cl)n1. The topological polar surface area (TPSA) is 68.1 Å². The van der Waals surface area contributed by atoms with Crippen LogP contribution in [0.1, 0.15) is 6.92 Å². The zero-order valence-corrected chi connectivity index (χ0v) is 12.1. The fourth-order valence-electron chi connectivity index (χ4n) is 1.73. The second kappa shape index (κ2) is 6.07. The van der Waals surface area contributed by atoms with Crippen LogP contribution in [0, 0.1) is 10.1 Å². The number of rotatable bonds is 4. The van der Waals surface area contributed by atoms with Gasteiger partial charge in [0.05, 0.1) is 21.7 Å². The van der Waals surface area contributed by atoms with Crippen molar-refractivity contribution in [2.75, 3.05) is 11.9 Å². The number of pyridine rings is 1. The van der Waals surface area contributed by atoms with Crippen LogP contribution in [0.15, 0.2) is 30.3 Å². The highest BCUT2D eigenvalue weighted by Gasteiger charge is 2.14. The molecule has 1 aromatic heterocycles. The van der Waals surface area contributed by atoms with E-state index in [0.29, 0.717) is 33.7 Å². The molecule has 2 aromatic rings. The van der Waals surface area contributed by atoms with Gasteiger partial charge in [0.2, 0.25) is 0 Å². The van der Waals surface area contributed by atoms with Crippen LogP contribution in [0.3, 0.4) is 0 Å². The van der Waals surface area contributed by atoms with Crippen molar-refractivity contribution in [3.63, 3.8) is 0 Å². The molecule has 0 aliphatic heterocycles. The van der Waals surface area contributed by atoms with Gasteiger partial charge in [-0.25, -0.2) is 4.98 Å². The molecule has 1 N–H and O–H groups in total. The molecule has 5 nitrogen and oxygen atoms in total. The highest BCUT2D eigenvalue weighted by molar-refractivity contribution is 6.36. The third kappa shape index (κ3) is 3.18. The van der Waals surface area contributed by atoms with Crippen molar-refractivity contribution in [3.8, 4) is 11.3 Å². The van der Waals surface area contributed by atoms with Crippen LogP contribution < -0.4 is 5.32 Å². The van der Waals surface area contributed by atoms with Gasteiger partial charge in [0, 0.05) is 23.2 Å².